The molecule has 2 aromatic rings. The molecule has 1 atom stereocenters. The summed E-state index contributed by atoms with van der Waals surface area (Å²) in [7, 11) is 1.61. The molecule has 0 unspecified atom stereocenters. The minimum Gasteiger partial charge on any atom is -0.491 e. The molecule has 178 valence electrons. The number of aromatic nitrogens is 3. The van der Waals surface area contributed by atoms with Crippen LogP contribution in [0.25, 0.3) is 11.4 Å². The predicted octanol–water partition coefficient (Wildman–Crippen LogP) is 1.59. The number of piperidine rings is 1. The second kappa shape index (κ2) is 12.1. The normalized spacial score (nSPS) is 15.8. The number of methoxy groups -OCH3 is 1. The summed E-state index contributed by atoms with van der Waals surface area (Å²) in [4.78, 5) is 41.5. The average Bonchev–Trinajstić information content (AvgIpc) is 2.84. The summed E-state index contributed by atoms with van der Waals surface area (Å²) in [5.74, 6) is 0.360. The van der Waals surface area contributed by atoms with Gasteiger partial charge in [0, 0.05) is 38.6 Å². The SMILES string of the molecule is CCOC(=O)[C@@H]1CCCN(C(=O)CCc2nnc(-c3ccc(OCCOC)cc3)[nH]c2=O)C1. The lowest BCUT2D eigenvalue weighted by atomic mass is 9.98. The Bertz CT molecular complexity index is 991. The molecule has 0 bridgehead atoms. The molecule has 3 rings (SSSR count). The topological polar surface area (TPSA) is 124 Å². The van der Waals surface area contributed by atoms with Crippen molar-refractivity contribution in [2.45, 2.75) is 32.6 Å². The van der Waals surface area contributed by atoms with Gasteiger partial charge in [0.1, 0.15) is 18.1 Å². The molecule has 0 saturated carbocycles. The third-order valence-electron chi connectivity index (χ3n) is 5.42. The van der Waals surface area contributed by atoms with Gasteiger partial charge in [-0.1, -0.05) is 0 Å². The molecular formula is C23H30N4O6. The van der Waals surface area contributed by atoms with E-state index in [4.69, 9.17) is 14.2 Å². The third kappa shape index (κ3) is 6.85. The lowest BCUT2D eigenvalue weighted by Gasteiger charge is -2.31. The molecule has 1 aliphatic heterocycles. The first-order valence-electron chi connectivity index (χ1n) is 11.1. The van der Waals surface area contributed by atoms with Crippen molar-refractivity contribution in [2.75, 3.05) is 40.0 Å². The van der Waals surface area contributed by atoms with Crippen LogP contribution in [0.5, 0.6) is 5.75 Å². The summed E-state index contributed by atoms with van der Waals surface area (Å²) in [6.07, 6.45) is 1.77. The molecule has 10 heteroatoms. The fourth-order valence-corrected chi connectivity index (χ4v) is 3.65. The number of nitrogens with one attached hydrogen (secondary N) is 1. The van der Waals surface area contributed by atoms with Gasteiger partial charge in [0.25, 0.3) is 5.56 Å². The molecule has 1 aliphatic rings. The summed E-state index contributed by atoms with van der Waals surface area (Å²) in [6, 6.07) is 7.11. The summed E-state index contributed by atoms with van der Waals surface area (Å²) >= 11 is 0. The first-order chi connectivity index (χ1) is 16.0. The van der Waals surface area contributed by atoms with Gasteiger partial charge in [-0.15, -0.1) is 10.2 Å². The van der Waals surface area contributed by atoms with Gasteiger partial charge in [-0.05, 0) is 44.0 Å². The highest BCUT2D eigenvalue weighted by molar-refractivity contribution is 5.78. The number of rotatable bonds is 10. The Morgan fingerprint density at radius 1 is 1.18 bits per heavy atom. The van der Waals surface area contributed by atoms with E-state index in [1.807, 2.05) is 0 Å². The number of likely N-dealkylation sites (tertiary alicyclic amines) is 1. The molecule has 1 aromatic heterocycles. The maximum absolute atomic E-state index is 12.6. The highest BCUT2D eigenvalue weighted by Gasteiger charge is 2.29. The number of carbonyl (C=O) groups excluding carboxylic acids is 2. The van der Waals surface area contributed by atoms with E-state index < -0.39 is 0 Å². The lowest BCUT2D eigenvalue weighted by molar-refractivity contribution is -0.151. The average molecular weight is 459 g/mol. The molecule has 1 saturated heterocycles. The quantitative estimate of drug-likeness (QED) is 0.421. The molecule has 0 spiro atoms. The van der Waals surface area contributed by atoms with Crippen LogP contribution >= 0.6 is 0 Å². The fourth-order valence-electron chi connectivity index (χ4n) is 3.65. The number of benzene rings is 1. The van der Waals surface area contributed by atoms with Crippen molar-refractivity contribution >= 4 is 11.9 Å². The number of aromatic amines is 1. The van der Waals surface area contributed by atoms with Gasteiger partial charge < -0.3 is 24.1 Å². The first-order valence-corrected chi connectivity index (χ1v) is 11.1. The van der Waals surface area contributed by atoms with E-state index in [2.05, 4.69) is 15.2 Å². The number of hydrogen-bond donors (Lipinski definition) is 1. The highest BCUT2D eigenvalue weighted by Crippen LogP contribution is 2.20. The van der Waals surface area contributed by atoms with Crippen molar-refractivity contribution < 1.29 is 23.8 Å². The Morgan fingerprint density at radius 2 is 1.97 bits per heavy atom. The molecule has 1 aromatic carbocycles. The van der Waals surface area contributed by atoms with Crippen LogP contribution in [0.15, 0.2) is 29.1 Å². The number of carbonyl (C=O) groups is 2. The van der Waals surface area contributed by atoms with E-state index in [1.54, 1.807) is 43.2 Å². The number of aryl methyl sites for hydroxylation is 1. The van der Waals surface area contributed by atoms with E-state index in [-0.39, 0.29) is 41.9 Å². The number of H-pyrrole nitrogens is 1. The highest BCUT2D eigenvalue weighted by atomic mass is 16.5. The zero-order valence-corrected chi connectivity index (χ0v) is 19.0. The van der Waals surface area contributed by atoms with Crippen molar-refractivity contribution in [1.82, 2.24) is 20.1 Å². The fraction of sp³-hybridized carbons (Fsp3) is 0.522. The number of amides is 1. The van der Waals surface area contributed by atoms with Crippen LogP contribution in [0.4, 0.5) is 0 Å². The van der Waals surface area contributed by atoms with Crippen LogP contribution in [-0.2, 0) is 25.5 Å². The monoisotopic (exact) mass is 458 g/mol. The first kappa shape index (κ1) is 24.4. The van der Waals surface area contributed by atoms with Gasteiger partial charge in [0.05, 0.1) is 19.1 Å². The molecular weight excluding hydrogens is 428 g/mol. The number of esters is 1. The van der Waals surface area contributed by atoms with Crippen LogP contribution < -0.4 is 10.3 Å². The summed E-state index contributed by atoms with van der Waals surface area (Å²) in [5, 5.41) is 8.14. The van der Waals surface area contributed by atoms with E-state index >= 15 is 0 Å². The Kier molecular flexibility index (Phi) is 8.94. The zero-order chi connectivity index (χ0) is 23.6. The Morgan fingerprint density at radius 3 is 2.67 bits per heavy atom. The van der Waals surface area contributed by atoms with Gasteiger partial charge in [0.15, 0.2) is 5.82 Å². The number of hydrogen-bond acceptors (Lipinski definition) is 8. The van der Waals surface area contributed by atoms with Gasteiger partial charge in [-0.25, -0.2) is 0 Å². The third-order valence-corrected chi connectivity index (χ3v) is 5.42. The molecule has 33 heavy (non-hydrogen) atoms. The largest absolute Gasteiger partial charge is 0.491 e. The minimum atomic E-state index is -0.378. The smallest absolute Gasteiger partial charge is 0.310 e. The van der Waals surface area contributed by atoms with E-state index in [1.165, 1.54) is 0 Å². The van der Waals surface area contributed by atoms with E-state index in [0.717, 1.165) is 12.8 Å². The van der Waals surface area contributed by atoms with Crippen molar-refractivity contribution in [1.29, 1.82) is 0 Å². The van der Waals surface area contributed by atoms with Crippen molar-refractivity contribution in [3.05, 3.63) is 40.3 Å². The van der Waals surface area contributed by atoms with E-state index in [9.17, 15) is 14.4 Å². The zero-order valence-electron chi connectivity index (χ0n) is 19.0. The summed E-state index contributed by atoms with van der Waals surface area (Å²) < 4.78 is 15.5. The second-order valence-corrected chi connectivity index (χ2v) is 7.75. The Balaban J connectivity index is 1.55. The standard InChI is InChI=1S/C23H30N4O6/c1-3-32-23(30)17-5-4-12-27(15-17)20(28)11-10-19-22(29)24-21(26-25-19)16-6-8-18(9-7-16)33-14-13-31-2/h6-9,17H,3-5,10-15H2,1-2H3,(H,24,26,29)/t17-/m1/s1. The number of ether oxygens (including phenoxy) is 3. The van der Waals surface area contributed by atoms with Crippen molar-refractivity contribution in [3.63, 3.8) is 0 Å². The molecule has 0 aliphatic carbocycles. The van der Waals surface area contributed by atoms with E-state index in [0.29, 0.717) is 50.0 Å². The van der Waals surface area contributed by atoms with Gasteiger partial charge in [0.2, 0.25) is 5.91 Å². The van der Waals surface area contributed by atoms with Gasteiger partial charge in [-0.3, -0.25) is 14.4 Å². The molecule has 1 amide bonds. The van der Waals surface area contributed by atoms with Crippen LogP contribution in [0.2, 0.25) is 0 Å². The minimum absolute atomic E-state index is 0.113. The number of nitrogens with zero attached hydrogens (tertiary/aromatic N) is 3. The van der Waals surface area contributed by atoms with Gasteiger partial charge in [-0.2, -0.15) is 0 Å². The van der Waals surface area contributed by atoms with Crippen molar-refractivity contribution in [3.8, 4) is 17.1 Å². The molecule has 2 heterocycles. The lowest BCUT2D eigenvalue weighted by Crippen LogP contribution is -2.43. The predicted molar refractivity (Wildman–Crippen MR) is 120 cm³/mol. The molecule has 1 N–H and O–H groups in total. The second-order valence-electron chi connectivity index (χ2n) is 7.75. The Labute approximate surface area is 192 Å². The Hall–Kier alpha value is -3.27. The molecule has 1 fully saturated rings. The summed E-state index contributed by atoms with van der Waals surface area (Å²) in [6.45, 7) is 3.98. The van der Waals surface area contributed by atoms with Crippen LogP contribution in [0.3, 0.4) is 0 Å². The van der Waals surface area contributed by atoms with Gasteiger partial charge >= 0.3 is 5.97 Å². The van der Waals surface area contributed by atoms with Crippen molar-refractivity contribution in [2.24, 2.45) is 5.92 Å². The van der Waals surface area contributed by atoms with Crippen LogP contribution in [0, 0.1) is 5.92 Å². The maximum Gasteiger partial charge on any atom is 0.310 e. The molecule has 10 nitrogen and oxygen atoms in total. The summed E-state index contributed by atoms with van der Waals surface area (Å²) in [5.41, 5.74) is 0.515. The van der Waals surface area contributed by atoms with Crippen LogP contribution in [-0.4, -0.2) is 72.0 Å². The maximum atomic E-state index is 12.6. The van der Waals surface area contributed by atoms with Crippen LogP contribution in [0.1, 0.15) is 31.9 Å². The molecule has 0 radical (unpaired) electrons.